The van der Waals surface area contributed by atoms with E-state index >= 15 is 0 Å². The van der Waals surface area contributed by atoms with Crippen LogP contribution in [0.1, 0.15) is 26.5 Å². The lowest BCUT2D eigenvalue weighted by atomic mass is 10.2. The van der Waals surface area contributed by atoms with Crippen molar-refractivity contribution in [3.05, 3.63) is 72.6 Å². The molecule has 0 unspecified atom stereocenters. The van der Waals surface area contributed by atoms with Gasteiger partial charge in [0.25, 0.3) is 13.5 Å². The Morgan fingerprint density at radius 1 is 1.00 bits per heavy atom. The Morgan fingerprint density at radius 2 is 1.57 bits per heavy atom. The number of imidazole rings is 1. The molecule has 4 aromatic rings. The highest BCUT2D eigenvalue weighted by Gasteiger charge is 2.50. The normalized spacial score (nSPS) is 12.8. The quantitative estimate of drug-likeness (QED) is 0.257. The van der Waals surface area contributed by atoms with E-state index in [2.05, 4.69) is 84.4 Å². The molecule has 0 amide bonds. The number of fused-ring (bicyclic) bond motifs is 1. The highest BCUT2D eigenvalue weighted by molar-refractivity contribution is 7.98. The van der Waals surface area contributed by atoms with E-state index in [1.54, 1.807) is 10.7 Å². The molecule has 0 aliphatic carbocycles. The van der Waals surface area contributed by atoms with Gasteiger partial charge in [-0.05, 0) is 21.7 Å². The van der Waals surface area contributed by atoms with Crippen LogP contribution in [0, 0.1) is 0 Å². The first-order valence-corrected chi connectivity index (χ1v) is 16.3. The SMILES string of the molecule is CSc1nc(S(C)(=O)=O)nn2c(CCO[Si](c3ccccc3)(c3ccccc3)C(C)(C)C)cnc12. The van der Waals surface area contributed by atoms with E-state index in [4.69, 9.17) is 4.43 Å². The summed E-state index contributed by atoms with van der Waals surface area (Å²) in [5.74, 6) is 0. The minimum absolute atomic E-state index is 0.132. The van der Waals surface area contributed by atoms with Crippen molar-refractivity contribution >= 4 is 45.9 Å². The lowest BCUT2D eigenvalue weighted by Crippen LogP contribution is -2.66. The molecule has 0 bridgehead atoms. The van der Waals surface area contributed by atoms with E-state index in [0.717, 1.165) is 11.9 Å². The molecule has 184 valence electrons. The fourth-order valence-corrected chi connectivity index (χ4v) is 10.0. The first kappa shape index (κ1) is 25.6. The number of benzene rings is 2. The van der Waals surface area contributed by atoms with E-state index < -0.39 is 18.2 Å². The minimum Gasteiger partial charge on any atom is -0.407 e. The number of hydrogen-bond donors (Lipinski definition) is 0. The summed E-state index contributed by atoms with van der Waals surface area (Å²) in [5.41, 5.74) is 1.32. The van der Waals surface area contributed by atoms with Crippen LogP contribution in [0.3, 0.4) is 0 Å². The molecule has 2 aromatic heterocycles. The first-order valence-electron chi connectivity index (χ1n) is 11.3. The molecular formula is C25H30N4O3S2Si. The van der Waals surface area contributed by atoms with Crippen LogP contribution in [0.5, 0.6) is 0 Å². The number of thioether (sulfide) groups is 1. The topological polar surface area (TPSA) is 86.5 Å². The van der Waals surface area contributed by atoms with Gasteiger partial charge >= 0.3 is 0 Å². The van der Waals surface area contributed by atoms with Gasteiger partial charge in [-0.2, -0.15) is 0 Å². The van der Waals surface area contributed by atoms with Crippen LogP contribution in [0.15, 0.2) is 77.0 Å². The maximum absolute atomic E-state index is 12.2. The lowest BCUT2D eigenvalue weighted by Gasteiger charge is -2.43. The lowest BCUT2D eigenvalue weighted by molar-refractivity contribution is 0.299. The number of hydrogen-bond acceptors (Lipinski definition) is 7. The van der Waals surface area contributed by atoms with Gasteiger partial charge in [0.15, 0.2) is 5.65 Å². The second-order valence-electron chi connectivity index (χ2n) is 9.42. The van der Waals surface area contributed by atoms with Crippen molar-refractivity contribution in [3.8, 4) is 0 Å². The average molecular weight is 527 g/mol. The molecule has 4 rings (SSSR count). The Bertz CT molecular complexity index is 1380. The predicted molar refractivity (Wildman–Crippen MR) is 143 cm³/mol. The highest BCUT2D eigenvalue weighted by Crippen LogP contribution is 2.36. The maximum Gasteiger partial charge on any atom is 0.266 e. The number of sulfone groups is 1. The Kier molecular flexibility index (Phi) is 7.19. The zero-order valence-electron chi connectivity index (χ0n) is 20.6. The minimum atomic E-state index is -3.57. The van der Waals surface area contributed by atoms with Gasteiger partial charge in [0, 0.05) is 19.3 Å². The Labute approximate surface area is 212 Å². The zero-order chi connectivity index (χ0) is 25.3. The standard InChI is InChI=1S/C25H30N4O3S2Si/c1-25(2,3)35(20-12-8-6-9-13-20,21-14-10-7-11-15-21)32-17-16-19-18-26-22-23(33-4)27-24(28-29(19)22)34(5,30)31/h6-15,18H,16-17H2,1-5H3. The van der Waals surface area contributed by atoms with Gasteiger partial charge in [-0.25, -0.2) is 22.9 Å². The molecule has 35 heavy (non-hydrogen) atoms. The van der Waals surface area contributed by atoms with Crippen molar-refractivity contribution in [2.24, 2.45) is 0 Å². The molecule has 0 saturated carbocycles. The van der Waals surface area contributed by atoms with Crippen LogP contribution in [-0.2, 0) is 20.7 Å². The molecule has 0 saturated heterocycles. The molecule has 0 aliphatic rings. The van der Waals surface area contributed by atoms with Crippen LogP contribution in [0.4, 0.5) is 0 Å². The van der Waals surface area contributed by atoms with E-state index in [1.165, 1.54) is 22.1 Å². The molecule has 7 nitrogen and oxygen atoms in total. The average Bonchev–Trinajstić information content (AvgIpc) is 3.24. The smallest absolute Gasteiger partial charge is 0.266 e. The molecule has 0 aliphatic heterocycles. The predicted octanol–water partition coefficient (Wildman–Crippen LogP) is 3.37. The van der Waals surface area contributed by atoms with Crippen molar-refractivity contribution in [1.29, 1.82) is 0 Å². The van der Waals surface area contributed by atoms with Gasteiger partial charge in [-0.3, -0.25) is 0 Å². The first-order chi connectivity index (χ1) is 16.6. The van der Waals surface area contributed by atoms with E-state index in [9.17, 15) is 8.42 Å². The monoisotopic (exact) mass is 526 g/mol. The molecule has 2 aromatic carbocycles. The van der Waals surface area contributed by atoms with E-state index in [-0.39, 0.29) is 10.2 Å². The summed E-state index contributed by atoms with van der Waals surface area (Å²) in [6.07, 6.45) is 5.21. The molecule has 0 fully saturated rings. The van der Waals surface area contributed by atoms with Gasteiger partial charge in [0.2, 0.25) is 9.84 Å². The Morgan fingerprint density at radius 3 is 2.06 bits per heavy atom. The summed E-state index contributed by atoms with van der Waals surface area (Å²) < 4.78 is 32.9. The second-order valence-corrected chi connectivity index (χ2v) is 16.4. The van der Waals surface area contributed by atoms with Crippen molar-refractivity contribution in [2.45, 2.75) is 42.4 Å². The third kappa shape index (κ3) is 4.93. The van der Waals surface area contributed by atoms with Gasteiger partial charge in [0.05, 0.1) is 11.9 Å². The molecule has 0 radical (unpaired) electrons. The zero-order valence-corrected chi connectivity index (χ0v) is 23.2. The fourth-order valence-electron chi connectivity index (χ4n) is 4.42. The van der Waals surface area contributed by atoms with Crippen LogP contribution in [-0.4, -0.2) is 55.4 Å². The maximum atomic E-state index is 12.2. The van der Waals surface area contributed by atoms with Gasteiger partial charge in [-0.15, -0.1) is 16.9 Å². The van der Waals surface area contributed by atoms with Crippen molar-refractivity contribution in [2.75, 3.05) is 19.1 Å². The van der Waals surface area contributed by atoms with E-state index in [0.29, 0.717) is 23.7 Å². The van der Waals surface area contributed by atoms with Crippen molar-refractivity contribution < 1.29 is 12.8 Å². The third-order valence-corrected chi connectivity index (χ3v) is 12.5. The molecule has 10 heteroatoms. The molecule has 2 heterocycles. The van der Waals surface area contributed by atoms with Crippen molar-refractivity contribution in [3.63, 3.8) is 0 Å². The summed E-state index contributed by atoms with van der Waals surface area (Å²) in [4.78, 5) is 8.66. The summed E-state index contributed by atoms with van der Waals surface area (Å²) in [7, 11) is -6.24. The third-order valence-electron chi connectivity index (χ3n) is 6.00. The number of rotatable bonds is 8. The number of aromatic nitrogens is 4. The summed E-state index contributed by atoms with van der Waals surface area (Å²) >= 11 is 1.34. The summed E-state index contributed by atoms with van der Waals surface area (Å²) in [6, 6.07) is 20.9. The van der Waals surface area contributed by atoms with Crippen LogP contribution in [0.2, 0.25) is 5.04 Å². The Hall–Kier alpha value is -2.53. The molecule has 0 N–H and O–H groups in total. The van der Waals surface area contributed by atoms with Gasteiger partial charge in [0.1, 0.15) is 5.03 Å². The number of nitrogens with zero attached hydrogens (tertiary/aromatic N) is 4. The van der Waals surface area contributed by atoms with Gasteiger partial charge < -0.3 is 4.43 Å². The van der Waals surface area contributed by atoms with Crippen molar-refractivity contribution in [1.82, 2.24) is 19.6 Å². The Balaban J connectivity index is 1.74. The largest absolute Gasteiger partial charge is 0.407 e. The van der Waals surface area contributed by atoms with Crippen LogP contribution < -0.4 is 10.4 Å². The summed E-state index contributed by atoms with van der Waals surface area (Å²) in [5, 5.41) is 6.90. The van der Waals surface area contributed by atoms with Crippen LogP contribution >= 0.6 is 11.8 Å². The second kappa shape index (κ2) is 9.85. The summed E-state index contributed by atoms with van der Waals surface area (Å²) in [6.45, 7) is 7.16. The fraction of sp³-hybridized carbons (Fsp3) is 0.320. The molecular weight excluding hydrogens is 497 g/mol. The highest BCUT2D eigenvalue weighted by atomic mass is 32.2. The van der Waals surface area contributed by atoms with E-state index in [1.807, 2.05) is 18.4 Å². The molecule has 0 atom stereocenters. The van der Waals surface area contributed by atoms with Gasteiger partial charge in [-0.1, -0.05) is 81.4 Å². The molecule has 0 spiro atoms. The van der Waals surface area contributed by atoms with Crippen LogP contribution in [0.25, 0.3) is 5.65 Å².